The lowest BCUT2D eigenvalue weighted by Crippen LogP contribution is -2.48. The van der Waals surface area contributed by atoms with Crippen LogP contribution in [0.5, 0.6) is 0 Å². The maximum absolute atomic E-state index is 13.3. The molecule has 0 aliphatic heterocycles. The Bertz CT molecular complexity index is 612. The van der Waals surface area contributed by atoms with E-state index in [-0.39, 0.29) is 23.8 Å². The predicted octanol–water partition coefficient (Wildman–Crippen LogP) is 4.55. The lowest BCUT2D eigenvalue weighted by Gasteiger charge is -2.40. The van der Waals surface area contributed by atoms with Crippen molar-refractivity contribution in [2.45, 2.75) is 64.8 Å². The third-order valence-corrected chi connectivity index (χ3v) is 6.53. The molecule has 1 aromatic rings. The average Bonchev–Trinajstić information content (AvgIpc) is 2.91. The zero-order valence-electron chi connectivity index (χ0n) is 14.8. The molecule has 1 aromatic heterocycles. The Hall–Kier alpha value is -1.36. The summed E-state index contributed by atoms with van der Waals surface area (Å²) in [7, 11) is 1.40. The van der Waals surface area contributed by atoms with Gasteiger partial charge in [0.2, 0.25) is 5.91 Å². The Morgan fingerprint density at radius 3 is 2.38 bits per heavy atom. The van der Waals surface area contributed by atoms with Crippen LogP contribution in [0.2, 0.25) is 0 Å². The first-order valence-corrected chi connectivity index (χ1v) is 9.84. The number of methoxy groups -OCH3 is 1. The number of ether oxygens (including phenoxy) is 1. The molecule has 2 fully saturated rings. The fraction of sp³-hybridized carbons (Fsp3) is 0.684. The molecule has 0 saturated heterocycles. The van der Waals surface area contributed by atoms with E-state index in [1.807, 2.05) is 17.9 Å². The van der Waals surface area contributed by atoms with Crippen molar-refractivity contribution in [1.29, 1.82) is 0 Å². The Morgan fingerprint density at radius 1 is 1.17 bits per heavy atom. The number of carbonyl (C=O) groups is 2. The molecule has 0 aromatic carbocycles. The second kappa shape index (κ2) is 7.26. The standard InChI is InChI=1S/C19H27NO3S/c1-12-7-9-14(10-8-12)18(21)20(15-5-4-6-15)16-11-13(2)24-17(16)19(22)23-3/h11-12,14-15H,4-10H2,1-3H3. The molecule has 0 radical (unpaired) electrons. The van der Waals surface area contributed by atoms with E-state index in [0.29, 0.717) is 4.88 Å². The number of carbonyl (C=O) groups excluding carboxylic acids is 2. The number of anilines is 1. The van der Waals surface area contributed by atoms with Crippen molar-refractivity contribution >= 4 is 28.9 Å². The molecule has 0 spiro atoms. The van der Waals surface area contributed by atoms with E-state index in [9.17, 15) is 9.59 Å². The summed E-state index contributed by atoms with van der Waals surface area (Å²) in [5.41, 5.74) is 0.776. The van der Waals surface area contributed by atoms with E-state index in [4.69, 9.17) is 4.74 Å². The summed E-state index contributed by atoms with van der Waals surface area (Å²) < 4.78 is 4.94. The fourth-order valence-electron chi connectivity index (χ4n) is 3.76. The summed E-state index contributed by atoms with van der Waals surface area (Å²) in [6, 6.07) is 2.23. The molecule has 2 aliphatic carbocycles. The van der Waals surface area contributed by atoms with Crippen LogP contribution in [0.15, 0.2) is 6.07 Å². The number of thiophene rings is 1. The van der Waals surface area contributed by atoms with Gasteiger partial charge in [0, 0.05) is 16.8 Å². The van der Waals surface area contributed by atoms with Gasteiger partial charge in [0.1, 0.15) is 4.88 Å². The zero-order valence-corrected chi connectivity index (χ0v) is 15.7. The molecule has 5 heteroatoms. The molecular weight excluding hydrogens is 322 g/mol. The molecule has 2 saturated carbocycles. The summed E-state index contributed by atoms with van der Waals surface area (Å²) >= 11 is 1.42. The summed E-state index contributed by atoms with van der Waals surface area (Å²) in [6.45, 7) is 4.24. The molecule has 4 nitrogen and oxygen atoms in total. The number of amides is 1. The highest BCUT2D eigenvalue weighted by Gasteiger charge is 2.37. The van der Waals surface area contributed by atoms with Crippen LogP contribution in [0, 0.1) is 18.8 Å². The summed E-state index contributed by atoms with van der Waals surface area (Å²) in [6.07, 6.45) is 7.42. The minimum Gasteiger partial charge on any atom is -0.465 e. The maximum atomic E-state index is 13.3. The van der Waals surface area contributed by atoms with E-state index < -0.39 is 0 Å². The molecule has 0 unspecified atom stereocenters. The van der Waals surface area contributed by atoms with Crippen molar-refractivity contribution in [1.82, 2.24) is 0 Å². The Balaban J connectivity index is 1.90. The van der Waals surface area contributed by atoms with Gasteiger partial charge in [-0.3, -0.25) is 4.79 Å². The molecule has 0 atom stereocenters. The molecule has 132 valence electrons. The van der Waals surface area contributed by atoms with Crippen LogP contribution >= 0.6 is 11.3 Å². The van der Waals surface area contributed by atoms with Crippen LogP contribution in [0.1, 0.15) is 66.4 Å². The predicted molar refractivity (Wildman–Crippen MR) is 96.6 cm³/mol. The molecule has 2 aliphatic rings. The summed E-state index contributed by atoms with van der Waals surface area (Å²) in [4.78, 5) is 29.0. The first kappa shape index (κ1) is 17.5. The SMILES string of the molecule is COC(=O)c1sc(C)cc1N(C(=O)C1CCC(C)CC1)C1CCC1. The van der Waals surface area contributed by atoms with Crippen molar-refractivity contribution in [3.8, 4) is 0 Å². The van der Waals surface area contributed by atoms with Gasteiger partial charge in [0.25, 0.3) is 0 Å². The lowest BCUT2D eigenvalue weighted by molar-refractivity contribution is -0.124. The van der Waals surface area contributed by atoms with Gasteiger partial charge in [-0.1, -0.05) is 6.92 Å². The van der Waals surface area contributed by atoms with Crippen LogP contribution in [0.25, 0.3) is 0 Å². The second-order valence-corrected chi connectivity index (χ2v) is 8.57. The lowest BCUT2D eigenvalue weighted by atomic mass is 9.81. The van der Waals surface area contributed by atoms with Crippen molar-refractivity contribution in [3.63, 3.8) is 0 Å². The van der Waals surface area contributed by atoms with E-state index in [1.54, 1.807) is 0 Å². The van der Waals surface area contributed by atoms with Crippen LogP contribution in [-0.4, -0.2) is 25.0 Å². The van der Waals surface area contributed by atoms with Crippen LogP contribution in [0.4, 0.5) is 5.69 Å². The minimum absolute atomic E-state index is 0.104. The van der Waals surface area contributed by atoms with Gasteiger partial charge < -0.3 is 9.64 Å². The van der Waals surface area contributed by atoms with Crippen molar-refractivity contribution in [2.24, 2.45) is 11.8 Å². The van der Waals surface area contributed by atoms with Crippen molar-refractivity contribution < 1.29 is 14.3 Å². The van der Waals surface area contributed by atoms with Gasteiger partial charge in [-0.2, -0.15) is 0 Å². The zero-order chi connectivity index (χ0) is 17.3. The summed E-state index contributed by atoms with van der Waals surface area (Å²) in [5, 5.41) is 0. The number of esters is 1. The third-order valence-electron chi connectivity index (χ3n) is 5.51. The number of rotatable bonds is 4. The normalized spacial score (nSPS) is 24.3. The summed E-state index contributed by atoms with van der Waals surface area (Å²) in [5.74, 6) is 0.708. The van der Waals surface area contributed by atoms with Crippen LogP contribution in [-0.2, 0) is 9.53 Å². The van der Waals surface area contributed by atoms with E-state index in [0.717, 1.165) is 61.4 Å². The van der Waals surface area contributed by atoms with E-state index >= 15 is 0 Å². The Morgan fingerprint density at radius 2 is 1.83 bits per heavy atom. The van der Waals surface area contributed by atoms with E-state index in [1.165, 1.54) is 18.4 Å². The second-order valence-electron chi connectivity index (χ2n) is 7.31. The van der Waals surface area contributed by atoms with Gasteiger partial charge in [0.15, 0.2) is 0 Å². The molecular formula is C19H27NO3S. The molecule has 3 rings (SSSR count). The number of hydrogen-bond donors (Lipinski definition) is 0. The quantitative estimate of drug-likeness (QED) is 0.749. The van der Waals surface area contributed by atoms with Gasteiger partial charge in [-0.05, 0) is 63.9 Å². The Labute approximate surface area is 148 Å². The highest BCUT2D eigenvalue weighted by atomic mass is 32.1. The van der Waals surface area contributed by atoms with Gasteiger partial charge in [-0.25, -0.2) is 4.79 Å². The van der Waals surface area contributed by atoms with Crippen LogP contribution in [0.3, 0.4) is 0 Å². The van der Waals surface area contributed by atoms with Gasteiger partial charge in [0.05, 0.1) is 12.8 Å². The monoisotopic (exact) mass is 349 g/mol. The number of hydrogen-bond acceptors (Lipinski definition) is 4. The maximum Gasteiger partial charge on any atom is 0.350 e. The van der Waals surface area contributed by atoms with Crippen molar-refractivity contribution in [2.75, 3.05) is 12.0 Å². The largest absolute Gasteiger partial charge is 0.465 e. The van der Waals surface area contributed by atoms with Crippen molar-refractivity contribution in [3.05, 3.63) is 15.8 Å². The third kappa shape index (κ3) is 3.37. The van der Waals surface area contributed by atoms with E-state index in [2.05, 4.69) is 6.92 Å². The first-order chi connectivity index (χ1) is 11.5. The highest BCUT2D eigenvalue weighted by molar-refractivity contribution is 7.14. The molecule has 0 N–H and O–H groups in total. The molecule has 24 heavy (non-hydrogen) atoms. The van der Waals surface area contributed by atoms with Gasteiger partial charge in [-0.15, -0.1) is 11.3 Å². The first-order valence-electron chi connectivity index (χ1n) is 9.03. The average molecular weight is 349 g/mol. The molecule has 0 bridgehead atoms. The van der Waals surface area contributed by atoms with Crippen LogP contribution < -0.4 is 4.90 Å². The smallest absolute Gasteiger partial charge is 0.350 e. The molecule has 1 heterocycles. The Kier molecular flexibility index (Phi) is 5.28. The number of nitrogens with zero attached hydrogens (tertiary/aromatic N) is 1. The molecule has 1 amide bonds. The fourth-order valence-corrected chi connectivity index (χ4v) is 4.68. The number of aryl methyl sites for hydroxylation is 1. The topological polar surface area (TPSA) is 46.6 Å². The highest BCUT2D eigenvalue weighted by Crippen LogP contribution is 2.39. The van der Waals surface area contributed by atoms with Gasteiger partial charge >= 0.3 is 5.97 Å². The minimum atomic E-state index is -0.336.